The van der Waals surface area contributed by atoms with Crippen LogP contribution in [-0.4, -0.2) is 55.0 Å². The number of esters is 1. The normalized spacial score (nSPS) is 14.1. The molecule has 3 heterocycles. The van der Waals surface area contributed by atoms with Gasteiger partial charge in [0.15, 0.2) is 5.78 Å². The van der Waals surface area contributed by atoms with Crippen molar-refractivity contribution in [2.24, 2.45) is 0 Å². The van der Waals surface area contributed by atoms with Gasteiger partial charge in [-0.2, -0.15) is 0 Å². The third-order valence-corrected chi connectivity index (χ3v) is 6.92. The van der Waals surface area contributed by atoms with Crippen molar-refractivity contribution < 1.29 is 18.7 Å². The Hall–Kier alpha value is -3.07. The fourth-order valence-electron chi connectivity index (χ4n) is 3.96. The van der Waals surface area contributed by atoms with Crippen molar-refractivity contribution >= 4 is 44.8 Å². The van der Waals surface area contributed by atoms with Gasteiger partial charge >= 0.3 is 5.97 Å². The van der Waals surface area contributed by atoms with Gasteiger partial charge in [0, 0.05) is 32.6 Å². The van der Waals surface area contributed by atoms with E-state index in [4.69, 9.17) is 9.72 Å². The summed E-state index contributed by atoms with van der Waals surface area (Å²) in [4.78, 5) is 39.1. The molecule has 32 heavy (non-hydrogen) atoms. The zero-order valence-electron chi connectivity index (χ0n) is 18.4. The molecule has 0 amide bonds. The highest BCUT2D eigenvalue weighted by molar-refractivity contribution is 7.20. The summed E-state index contributed by atoms with van der Waals surface area (Å²) < 4.78 is 19.0. The van der Waals surface area contributed by atoms with Crippen LogP contribution < -0.4 is 9.80 Å². The maximum atomic E-state index is 14.2. The minimum absolute atomic E-state index is 0.0391. The molecular weight excluding hydrogens is 431 g/mol. The van der Waals surface area contributed by atoms with Crippen molar-refractivity contribution in [2.75, 3.05) is 43.1 Å². The molecule has 7 nitrogen and oxygen atoms in total. The average Bonchev–Trinajstić information content (AvgIpc) is 3.14. The molecule has 0 bridgehead atoms. The number of aryl methyl sites for hydroxylation is 1. The number of fused-ring (bicyclic) bond motifs is 1. The maximum absolute atomic E-state index is 14.2. The molecule has 3 aromatic rings. The zero-order valence-corrected chi connectivity index (χ0v) is 19.2. The van der Waals surface area contributed by atoms with Crippen LogP contribution in [0.1, 0.15) is 34.4 Å². The van der Waals surface area contributed by atoms with Crippen molar-refractivity contribution in [3.05, 3.63) is 46.3 Å². The summed E-state index contributed by atoms with van der Waals surface area (Å²) in [6.07, 6.45) is 0.370. The van der Waals surface area contributed by atoms with E-state index in [9.17, 15) is 14.0 Å². The molecule has 1 fully saturated rings. The van der Waals surface area contributed by atoms with Crippen LogP contribution in [0.5, 0.6) is 0 Å². The quantitative estimate of drug-likeness (QED) is 0.413. The molecule has 0 saturated carbocycles. The minimum Gasteiger partial charge on any atom is -0.469 e. The Morgan fingerprint density at radius 2 is 1.81 bits per heavy atom. The van der Waals surface area contributed by atoms with Crippen molar-refractivity contribution in [1.29, 1.82) is 0 Å². The Bertz CT molecular complexity index is 1170. The SMILES string of the molecule is CCC(=O)c1sc2nc(CC(=O)OC)nc(N3CCN(c4ccccc4F)CC3)c2c1C. The monoisotopic (exact) mass is 456 g/mol. The van der Waals surface area contributed by atoms with Crippen molar-refractivity contribution in [2.45, 2.75) is 26.7 Å². The molecule has 1 aromatic carbocycles. The van der Waals surface area contributed by atoms with Gasteiger partial charge in [0.05, 0.1) is 23.1 Å². The molecule has 2 aromatic heterocycles. The molecule has 0 atom stereocenters. The Balaban J connectivity index is 1.70. The van der Waals surface area contributed by atoms with Crippen LogP contribution in [0, 0.1) is 12.7 Å². The minimum atomic E-state index is -0.419. The molecule has 1 saturated heterocycles. The number of thiophene rings is 1. The molecule has 1 aliphatic heterocycles. The molecule has 1 aliphatic rings. The first-order valence-corrected chi connectivity index (χ1v) is 11.4. The van der Waals surface area contributed by atoms with E-state index in [1.807, 2.05) is 24.8 Å². The first-order chi connectivity index (χ1) is 15.4. The van der Waals surface area contributed by atoms with Gasteiger partial charge < -0.3 is 14.5 Å². The van der Waals surface area contributed by atoms with Crippen LogP contribution in [0.25, 0.3) is 10.2 Å². The molecular formula is C23H25FN4O3S. The number of methoxy groups -OCH3 is 1. The van der Waals surface area contributed by atoms with E-state index >= 15 is 0 Å². The number of carbonyl (C=O) groups is 2. The van der Waals surface area contributed by atoms with Crippen LogP contribution in [0.4, 0.5) is 15.9 Å². The van der Waals surface area contributed by atoms with Gasteiger partial charge in [0.25, 0.3) is 0 Å². The largest absolute Gasteiger partial charge is 0.469 e. The third kappa shape index (κ3) is 4.17. The number of nitrogens with zero attached hydrogens (tertiary/aromatic N) is 4. The molecule has 9 heteroatoms. The number of benzene rings is 1. The van der Waals surface area contributed by atoms with E-state index in [-0.39, 0.29) is 18.0 Å². The Kier molecular flexibility index (Phi) is 6.36. The van der Waals surface area contributed by atoms with Gasteiger partial charge in [-0.15, -0.1) is 11.3 Å². The third-order valence-electron chi connectivity index (χ3n) is 5.69. The summed E-state index contributed by atoms with van der Waals surface area (Å²) in [5.41, 5.74) is 1.46. The summed E-state index contributed by atoms with van der Waals surface area (Å²) in [6.45, 7) is 6.27. The highest BCUT2D eigenvalue weighted by Gasteiger charge is 2.26. The van der Waals surface area contributed by atoms with E-state index < -0.39 is 5.97 Å². The van der Waals surface area contributed by atoms with Crippen LogP contribution in [-0.2, 0) is 16.0 Å². The maximum Gasteiger partial charge on any atom is 0.313 e. The first-order valence-electron chi connectivity index (χ1n) is 10.6. The second-order valence-corrected chi connectivity index (χ2v) is 8.65. The predicted octanol–water partition coefficient (Wildman–Crippen LogP) is 3.77. The summed E-state index contributed by atoms with van der Waals surface area (Å²) in [6, 6.07) is 6.77. The van der Waals surface area contributed by atoms with Gasteiger partial charge in [-0.25, -0.2) is 14.4 Å². The highest BCUT2D eigenvalue weighted by Crippen LogP contribution is 2.37. The van der Waals surface area contributed by atoms with Crippen LogP contribution in [0.15, 0.2) is 24.3 Å². The number of carbonyl (C=O) groups excluding carboxylic acids is 2. The number of anilines is 2. The zero-order chi connectivity index (χ0) is 22.8. The van der Waals surface area contributed by atoms with Crippen LogP contribution >= 0.6 is 11.3 Å². The number of ketones is 1. The molecule has 0 N–H and O–H groups in total. The Morgan fingerprint density at radius 1 is 1.12 bits per heavy atom. The number of hydrogen-bond acceptors (Lipinski definition) is 8. The lowest BCUT2D eigenvalue weighted by molar-refractivity contribution is -0.139. The number of halogens is 1. The molecule has 168 valence electrons. The molecule has 0 radical (unpaired) electrons. The second-order valence-electron chi connectivity index (χ2n) is 7.65. The summed E-state index contributed by atoms with van der Waals surface area (Å²) >= 11 is 1.34. The number of para-hydroxylation sites is 1. The van der Waals surface area contributed by atoms with Crippen molar-refractivity contribution in [1.82, 2.24) is 9.97 Å². The van der Waals surface area contributed by atoms with Gasteiger partial charge in [0.1, 0.15) is 28.7 Å². The van der Waals surface area contributed by atoms with E-state index in [1.165, 1.54) is 24.5 Å². The van der Waals surface area contributed by atoms with E-state index in [0.717, 1.165) is 10.9 Å². The number of hydrogen-bond donors (Lipinski definition) is 0. The lowest BCUT2D eigenvalue weighted by Crippen LogP contribution is -2.47. The van der Waals surface area contributed by atoms with Crippen LogP contribution in [0.3, 0.4) is 0 Å². The fraction of sp³-hybridized carbons (Fsp3) is 0.391. The van der Waals surface area contributed by atoms with Gasteiger partial charge in [-0.3, -0.25) is 9.59 Å². The number of piperazine rings is 1. The molecule has 0 spiro atoms. The Morgan fingerprint density at radius 3 is 2.47 bits per heavy atom. The first kappa shape index (κ1) is 22.1. The smallest absolute Gasteiger partial charge is 0.313 e. The van der Waals surface area contributed by atoms with Crippen molar-refractivity contribution in [3.8, 4) is 0 Å². The van der Waals surface area contributed by atoms with E-state index in [0.29, 0.717) is 59.6 Å². The van der Waals surface area contributed by atoms with Crippen LogP contribution in [0.2, 0.25) is 0 Å². The predicted molar refractivity (Wildman–Crippen MR) is 123 cm³/mol. The fourth-order valence-corrected chi connectivity index (χ4v) is 5.17. The average molecular weight is 457 g/mol. The number of ether oxygens (including phenoxy) is 1. The van der Waals surface area contributed by atoms with E-state index in [2.05, 4.69) is 9.88 Å². The standard InChI is InChI=1S/C23H25FN4O3S/c1-4-17(29)21-14(2)20-22(25-18(13-19(30)31-3)26-23(20)32-21)28-11-9-27(10-12-28)16-8-6-5-7-15(16)24/h5-8H,4,9-13H2,1-3H3. The van der Waals surface area contributed by atoms with Gasteiger partial charge in [-0.1, -0.05) is 19.1 Å². The van der Waals surface area contributed by atoms with Crippen molar-refractivity contribution in [3.63, 3.8) is 0 Å². The van der Waals surface area contributed by atoms with E-state index in [1.54, 1.807) is 12.1 Å². The molecule has 0 aliphatic carbocycles. The lowest BCUT2D eigenvalue weighted by atomic mass is 10.1. The molecule has 0 unspecified atom stereocenters. The summed E-state index contributed by atoms with van der Waals surface area (Å²) in [7, 11) is 1.33. The molecule has 4 rings (SSSR count). The summed E-state index contributed by atoms with van der Waals surface area (Å²) in [5.74, 6) is 0.494. The Labute approximate surface area is 189 Å². The number of rotatable bonds is 6. The topological polar surface area (TPSA) is 75.6 Å². The number of aromatic nitrogens is 2. The highest BCUT2D eigenvalue weighted by atomic mass is 32.1. The number of Topliss-reactive ketones (excluding diaryl/α,β-unsaturated/α-hetero) is 1. The van der Waals surface area contributed by atoms with Gasteiger partial charge in [-0.05, 0) is 24.6 Å². The second kappa shape index (κ2) is 9.20. The van der Waals surface area contributed by atoms with Gasteiger partial charge in [0.2, 0.25) is 0 Å². The lowest BCUT2D eigenvalue weighted by Gasteiger charge is -2.37. The summed E-state index contributed by atoms with van der Waals surface area (Å²) in [5, 5.41) is 0.847.